The lowest BCUT2D eigenvalue weighted by atomic mass is 9.98. The lowest BCUT2D eigenvalue weighted by Crippen LogP contribution is -2.61. The second-order valence-corrected chi connectivity index (χ2v) is 13.3. The van der Waals surface area contributed by atoms with Crippen LogP contribution >= 0.6 is 0 Å². The number of amides is 1. The summed E-state index contributed by atoms with van der Waals surface area (Å²) in [6.07, 6.45) is -7.26. The van der Waals surface area contributed by atoms with Crippen LogP contribution < -0.4 is 14.8 Å². The zero-order chi connectivity index (χ0) is 38.3. The van der Waals surface area contributed by atoms with Crippen molar-refractivity contribution in [3.8, 4) is 11.5 Å². The molecule has 7 atom stereocenters. The van der Waals surface area contributed by atoms with Gasteiger partial charge in [0.15, 0.2) is 42.2 Å². The fourth-order valence-electron chi connectivity index (χ4n) is 6.68. The number of hydrogen-bond acceptors (Lipinski definition) is 15. The lowest BCUT2D eigenvalue weighted by molar-refractivity contribution is -0.360. The van der Waals surface area contributed by atoms with Gasteiger partial charge in [-0.15, -0.1) is 0 Å². The molecular weight excluding hydrogens is 694 g/mol. The van der Waals surface area contributed by atoms with Crippen molar-refractivity contribution in [2.75, 3.05) is 65.4 Å². The number of rotatable bonds is 14. The van der Waals surface area contributed by atoms with Crippen molar-refractivity contribution >= 4 is 29.5 Å². The maximum Gasteiger partial charge on any atom is 0.339 e. The number of benzene rings is 2. The quantitative estimate of drug-likeness (QED) is 0.221. The van der Waals surface area contributed by atoms with Crippen LogP contribution in [0.25, 0.3) is 0 Å². The van der Waals surface area contributed by atoms with E-state index in [1.165, 1.54) is 13.8 Å². The van der Waals surface area contributed by atoms with Crippen molar-refractivity contribution < 1.29 is 61.8 Å². The minimum atomic E-state index is -1.79. The number of nitrogens with zero attached hydrogens (tertiary/aromatic N) is 2. The van der Waals surface area contributed by atoms with Crippen molar-refractivity contribution in [3.05, 3.63) is 53.6 Å². The van der Waals surface area contributed by atoms with Crippen molar-refractivity contribution in [1.29, 1.82) is 0 Å². The minimum absolute atomic E-state index is 0.0471. The lowest BCUT2D eigenvalue weighted by Gasteiger charge is -2.39. The Morgan fingerprint density at radius 3 is 2.11 bits per heavy atom. The normalized spacial score (nSPS) is 26.5. The van der Waals surface area contributed by atoms with Gasteiger partial charge < -0.3 is 43.2 Å². The fraction of sp³-hybridized carbons (Fsp3) is 0.568. The van der Waals surface area contributed by atoms with Gasteiger partial charge in [0.1, 0.15) is 12.7 Å². The number of para-hydroxylation sites is 3. The highest BCUT2D eigenvalue weighted by atomic mass is 16.9. The molecule has 3 saturated heterocycles. The van der Waals surface area contributed by atoms with Crippen LogP contribution in [0.4, 0.5) is 5.69 Å². The Kier molecular flexibility index (Phi) is 13.3. The van der Waals surface area contributed by atoms with Crippen molar-refractivity contribution in [3.63, 3.8) is 0 Å². The predicted octanol–water partition coefficient (Wildman–Crippen LogP) is 2.18. The number of nitrogens with one attached hydrogen (secondary N) is 1. The third-order valence-corrected chi connectivity index (χ3v) is 9.13. The van der Waals surface area contributed by atoms with Crippen LogP contribution in [-0.2, 0) is 52.3 Å². The third-order valence-electron chi connectivity index (χ3n) is 9.13. The van der Waals surface area contributed by atoms with Gasteiger partial charge in [-0.05, 0) is 37.1 Å². The van der Waals surface area contributed by atoms with Gasteiger partial charge in [-0.25, -0.2) is 4.79 Å². The van der Waals surface area contributed by atoms with Crippen LogP contribution in [0.5, 0.6) is 11.5 Å². The number of esters is 3. The molecule has 53 heavy (non-hydrogen) atoms. The number of methoxy groups -OCH3 is 2. The number of ether oxygens (including phenoxy) is 9. The van der Waals surface area contributed by atoms with E-state index in [2.05, 4.69) is 15.1 Å². The van der Waals surface area contributed by atoms with E-state index < -0.39 is 60.7 Å². The standard InChI is InChI=1S/C37H49N3O13/c1-22-11-10-12-23(2)30(22)38-29(43)20-40-17-15-39(16-18-40)19-26(21-47-28-14-9-8-13-27(28)45-6)51-37(5)52-34-32(49-25(4)42)31(48-24(3)41)33(35(44)46-7)50-36(34)53-37/h8-14,26,31-34,36H,15-21H2,1-7H3,(H,38,43)/t26-,31+,32+,33+,34-,36-,37+/m1/s1. The number of carbonyl (C=O) groups is 4. The van der Waals surface area contributed by atoms with Crippen molar-refractivity contribution in [1.82, 2.24) is 9.80 Å². The van der Waals surface area contributed by atoms with Gasteiger partial charge in [0.05, 0.1) is 20.8 Å². The molecule has 1 N–H and O–H groups in total. The molecule has 3 aliphatic heterocycles. The van der Waals surface area contributed by atoms with E-state index >= 15 is 0 Å². The molecule has 0 spiro atoms. The molecule has 16 nitrogen and oxygen atoms in total. The molecule has 0 saturated carbocycles. The second-order valence-electron chi connectivity index (χ2n) is 13.3. The first-order chi connectivity index (χ1) is 25.3. The number of anilines is 1. The average Bonchev–Trinajstić information content (AvgIpc) is 3.45. The summed E-state index contributed by atoms with van der Waals surface area (Å²) in [6.45, 7) is 11.0. The molecule has 5 rings (SSSR count). The van der Waals surface area contributed by atoms with Gasteiger partial charge in [-0.3, -0.25) is 28.9 Å². The molecule has 0 radical (unpaired) electrons. The van der Waals surface area contributed by atoms with Crippen molar-refractivity contribution in [2.24, 2.45) is 0 Å². The number of fused-ring (bicyclic) bond motifs is 1. The third kappa shape index (κ3) is 10.2. The molecule has 3 aliphatic rings. The van der Waals surface area contributed by atoms with Crippen LogP contribution in [0.1, 0.15) is 31.9 Å². The number of carbonyl (C=O) groups excluding carboxylic acids is 4. The number of hydrogen-bond donors (Lipinski definition) is 1. The Morgan fingerprint density at radius 2 is 1.49 bits per heavy atom. The SMILES string of the molecule is COC(=O)[C@H]1O[C@@H]2O[C@@](C)(O[C@@H](COc3ccccc3OC)CN3CCN(CC(=O)Nc4c(C)cccc4C)CC3)O[C@@H]2[C@@H](OC(C)=O)[C@@H]1OC(C)=O. The molecule has 290 valence electrons. The summed E-state index contributed by atoms with van der Waals surface area (Å²) in [4.78, 5) is 54.2. The smallest absolute Gasteiger partial charge is 0.339 e. The summed E-state index contributed by atoms with van der Waals surface area (Å²) in [5.74, 6) is -3.15. The molecule has 2 aromatic rings. The largest absolute Gasteiger partial charge is 0.493 e. The minimum Gasteiger partial charge on any atom is -0.493 e. The highest BCUT2D eigenvalue weighted by Crippen LogP contribution is 2.40. The van der Waals surface area contributed by atoms with Gasteiger partial charge >= 0.3 is 17.9 Å². The van der Waals surface area contributed by atoms with Gasteiger partial charge in [0.25, 0.3) is 5.97 Å². The zero-order valence-electron chi connectivity index (χ0n) is 31.2. The Balaban J connectivity index is 1.28. The molecule has 16 heteroatoms. The summed E-state index contributed by atoms with van der Waals surface area (Å²) in [6, 6.07) is 13.1. The van der Waals surface area contributed by atoms with Crippen LogP contribution in [0, 0.1) is 13.8 Å². The van der Waals surface area contributed by atoms with E-state index in [1.807, 2.05) is 44.2 Å². The summed E-state index contributed by atoms with van der Waals surface area (Å²) < 4.78 is 52.2. The topological polar surface area (TPSA) is 170 Å². The summed E-state index contributed by atoms with van der Waals surface area (Å²) >= 11 is 0. The Labute approximate surface area is 308 Å². The van der Waals surface area contributed by atoms with Crippen LogP contribution in [0.2, 0.25) is 0 Å². The van der Waals surface area contributed by atoms with E-state index in [-0.39, 0.29) is 19.1 Å². The predicted molar refractivity (Wildman–Crippen MR) is 187 cm³/mol. The summed E-state index contributed by atoms with van der Waals surface area (Å²) in [5.41, 5.74) is 2.85. The van der Waals surface area contributed by atoms with E-state index in [4.69, 9.17) is 42.6 Å². The second kappa shape index (κ2) is 17.7. The highest BCUT2D eigenvalue weighted by molar-refractivity contribution is 5.93. The molecule has 0 aliphatic carbocycles. The highest BCUT2D eigenvalue weighted by Gasteiger charge is 2.61. The van der Waals surface area contributed by atoms with Gasteiger partial charge in [0.2, 0.25) is 5.91 Å². The van der Waals surface area contributed by atoms with Crippen molar-refractivity contribution in [2.45, 2.75) is 77.4 Å². The van der Waals surface area contributed by atoms with E-state index in [1.54, 1.807) is 19.2 Å². The first-order valence-electron chi connectivity index (χ1n) is 17.5. The Hall–Kier alpha value is -4.32. The summed E-state index contributed by atoms with van der Waals surface area (Å²) in [5, 5.41) is 3.06. The summed E-state index contributed by atoms with van der Waals surface area (Å²) in [7, 11) is 2.70. The monoisotopic (exact) mass is 743 g/mol. The average molecular weight is 744 g/mol. The van der Waals surface area contributed by atoms with Gasteiger partial charge in [-0.1, -0.05) is 30.3 Å². The van der Waals surface area contributed by atoms with Crippen LogP contribution in [0.3, 0.4) is 0 Å². The number of piperazine rings is 1. The molecular formula is C37H49N3O13. The van der Waals surface area contributed by atoms with E-state index in [9.17, 15) is 19.2 Å². The van der Waals surface area contributed by atoms with Gasteiger partial charge in [0, 0.05) is 59.2 Å². The Morgan fingerprint density at radius 1 is 0.868 bits per heavy atom. The molecule has 3 heterocycles. The molecule has 2 aromatic carbocycles. The van der Waals surface area contributed by atoms with E-state index in [0.717, 1.165) is 30.8 Å². The maximum atomic E-state index is 13.0. The molecule has 0 bridgehead atoms. The first kappa shape index (κ1) is 39.9. The van der Waals surface area contributed by atoms with Crippen LogP contribution in [0.15, 0.2) is 42.5 Å². The maximum absolute atomic E-state index is 13.0. The molecule has 0 aromatic heterocycles. The first-order valence-corrected chi connectivity index (χ1v) is 17.5. The molecule has 0 unspecified atom stereocenters. The zero-order valence-corrected chi connectivity index (χ0v) is 31.2. The van der Waals surface area contributed by atoms with E-state index in [0.29, 0.717) is 44.2 Å². The fourth-order valence-corrected chi connectivity index (χ4v) is 6.68. The van der Waals surface area contributed by atoms with Gasteiger partial charge in [-0.2, -0.15) is 0 Å². The number of aryl methyl sites for hydroxylation is 2. The molecule has 3 fully saturated rings. The van der Waals surface area contributed by atoms with Crippen LogP contribution in [-0.4, -0.2) is 136 Å². The Bertz CT molecular complexity index is 1600. The molecule has 1 amide bonds.